The summed E-state index contributed by atoms with van der Waals surface area (Å²) in [4.78, 5) is 2.05. The van der Waals surface area contributed by atoms with Crippen LogP contribution in [0.3, 0.4) is 0 Å². The highest BCUT2D eigenvalue weighted by atomic mass is 35.5. The first-order valence-electron chi connectivity index (χ1n) is 4.79. The zero-order valence-electron chi connectivity index (χ0n) is 9.13. The van der Waals surface area contributed by atoms with Gasteiger partial charge < -0.3 is 10.0 Å². The van der Waals surface area contributed by atoms with Gasteiger partial charge in [-0.05, 0) is 25.1 Å². The summed E-state index contributed by atoms with van der Waals surface area (Å²) in [5, 5.41) is 9.86. The number of aliphatic hydroxyl groups excluding tert-OH is 1. The largest absolute Gasteiger partial charge is 0.392 e. The smallest absolute Gasteiger partial charge is 0.0702 e. The molecule has 0 aliphatic carbocycles. The molecular formula is C12H16ClNO. The highest BCUT2D eigenvalue weighted by molar-refractivity contribution is 6.30. The van der Waals surface area contributed by atoms with Gasteiger partial charge in [-0.3, -0.25) is 0 Å². The van der Waals surface area contributed by atoms with Crippen LogP contribution >= 0.6 is 11.6 Å². The topological polar surface area (TPSA) is 23.5 Å². The Morgan fingerprint density at radius 2 is 2.20 bits per heavy atom. The number of anilines is 1. The Labute approximate surface area is 95.8 Å². The molecule has 3 heteroatoms. The van der Waals surface area contributed by atoms with Gasteiger partial charge in [-0.25, -0.2) is 0 Å². The van der Waals surface area contributed by atoms with Crippen LogP contribution in [0.15, 0.2) is 30.4 Å². The van der Waals surface area contributed by atoms with E-state index < -0.39 is 0 Å². The third-order valence-corrected chi connectivity index (χ3v) is 2.37. The maximum absolute atomic E-state index is 9.22. The zero-order chi connectivity index (χ0) is 11.4. The number of hydrogen-bond donors (Lipinski definition) is 1. The van der Waals surface area contributed by atoms with Crippen LogP contribution in [0, 0.1) is 0 Å². The summed E-state index contributed by atoms with van der Waals surface area (Å²) >= 11 is 5.86. The van der Waals surface area contributed by atoms with Crippen molar-refractivity contribution in [3.63, 3.8) is 0 Å². The Kier molecular flexibility index (Phi) is 4.18. The van der Waals surface area contributed by atoms with Gasteiger partial charge in [0.2, 0.25) is 0 Å². The second kappa shape index (κ2) is 5.19. The number of benzene rings is 1. The Morgan fingerprint density at radius 1 is 1.53 bits per heavy atom. The van der Waals surface area contributed by atoms with E-state index in [0.717, 1.165) is 23.4 Å². The van der Waals surface area contributed by atoms with E-state index in [9.17, 15) is 5.11 Å². The monoisotopic (exact) mass is 225 g/mol. The highest BCUT2D eigenvalue weighted by Crippen LogP contribution is 2.23. The normalized spacial score (nSPS) is 10.1. The summed E-state index contributed by atoms with van der Waals surface area (Å²) in [6.45, 7) is 6.61. The molecule has 1 rings (SSSR count). The third kappa shape index (κ3) is 3.26. The van der Waals surface area contributed by atoms with E-state index in [-0.39, 0.29) is 6.61 Å². The molecule has 0 saturated carbocycles. The van der Waals surface area contributed by atoms with Gasteiger partial charge in [0.1, 0.15) is 0 Å². The van der Waals surface area contributed by atoms with Gasteiger partial charge in [0.05, 0.1) is 6.61 Å². The van der Waals surface area contributed by atoms with Gasteiger partial charge in [-0.2, -0.15) is 0 Å². The lowest BCUT2D eigenvalue weighted by Gasteiger charge is -2.22. The summed E-state index contributed by atoms with van der Waals surface area (Å²) in [6.07, 6.45) is 0. The maximum atomic E-state index is 9.22. The molecule has 0 amide bonds. The number of nitrogens with zero attached hydrogens (tertiary/aromatic N) is 1. The molecule has 0 unspecified atom stereocenters. The minimum Gasteiger partial charge on any atom is -0.392 e. The van der Waals surface area contributed by atoms with Crippen LogP contribution in [-0.4, -0.2) is 18.7 Å². The standard InChI is InChI=1S/C12H16ClNO/c1-9(2)7-14(3)12-5-4-11(13)6-10(12)8-15/h4-6,15H,1,7-8H2,2-3H3. The molecule has 0 aliphatic rings. The van der Waals surface area contributed by atoms with E-state index in [4.69, 9.17) is 11.6 Å². The minimum atomic E-state index is -0.00355. The van der Waals surface area contributed by atoms with Crippen molar-refractivity contribution in [1.82, 2.24) is 0 Å². The molecule has 82 valence electrons. The molecule has 0 atom stereocenters. The molecule has 2 nitrogen and oxygen atoms in total. The first kappa shape index (κ1) is 12.1. The average molecular weight is 226 g/mol. The van der Waals surface area contributed by atoms with Crippen molar-refractivity contribution in [2.45, 2.75) is 13.5 Å². The molecule has 0 radical (unpaired) electrons. The van der Waals surface area contributed by atoms with Crippen LogP contribution in [0.1, 0.15) is 12.5 Å². The summed E-state index contributed by atoms with van der Waals surface area (Å²) in [6, 6.07) is 5.52. The van der Waals surface area contributed by atoms with Crippen LogP contribution in [0.4, 0.5) is 5.69 Å². The Hall–Kier alpha value is -0.990. The SMILES string of the molecule is C=C(C)CN(C)c1ccc(Cl)cc1CO. The number of aliphatic hydroxyl groups is 1. The van der Waals surface area contributed by atoms with Gasteiger partial charge in [0.25, 0.3) is 0 Å². The van der Waals surface area contributed by atoms with E-state index in [1.165, 1.54) is 0 Å². The second-order valence-corrected chi connectivity index (χ2v) is 4.18. The quantitative estimate of drug-likeness (QED) is 0.797. The van der Waals surface area contributed by atoms with Crippen LogP contribution in [0.5, 0.6) is 0 Å². The van der Waals surface area contributed by atoms with Gasteiger partial charge in [-0.15, -0.1) is 0 Å². The number of hydrogen-bond acceptors (Lipinski definition) is 2. The van der Waals surface area contributed by atoms with Crippen LogP contribution in [0.2, 0.25) is 5.02 Å². The molecule has 0 fully saturated rings. The fourth-order valence-electron chi connectivity index (χ4n) is 1.54. The Bertz CT molecular complexity index is 363. The molecule has 0 bridgehead atoms. The van der Waals surface area contributed by atoms with Crippen molar-refractivity contribution in [2.24, 2.45) is 0 Å². The Balaban J connectivity index is 2.97. The second-order valence-electron chi connectivity index (χ2n) is 3.74. The van der Waals surface area contributed by atoms with Gasteiger partial charge in [0, 0.05) is 29.9 Å². The van der Waals surface area contributed by atoms with E-state index in [1.54, 1.807) is 6.07 Å². The fourth-order valence-corrected chi connectivity index (χ4v) is 1.74. The summed E-state index contributed by atoms with van der Waals surface area (Å²) < 4.78 is 0. The molecule has 0 aromatic heterocycles. The molecule has 1 aromatic carbocycles. The van der Waals surface area contributed by atoms with Gasteiger partial charge in [-0.1, -0.05) is 23.8 Å². The van der Waals surface area contributed by atoms with Crippen LogP contribution < -0.4 is 4.90 Å². The number of rotatable bonds is 4. The zero-order valence-corrected chi connectivity index (χ0v) is 9.88. The molecule has 15 heavy (non-hydrogen) atoms. The van der Waals surface area contributed by atoms with E-state index in [2.05, 4.69) is 6.58 Å². The minimum absolute atomic E-state index is 0.00355. The van der Waals surface area contributed by atoms with Gasteiger partial charge >= 0.3 is 0 Å². The number of halogens is 1. The lowest BCUT2D eigenvalue weighted by atomic mass is 10.1. The summed E-state index contributed by atoms with van der Waals surface area (Å²) in [5.74, 6) is 0. The van der Waals surface area contributed by atoms with Gasteiger partial charge in [0.15, 0.2) is 0 Å². The van der Waals surface area contributed by atoms with Crippen molar-refractivity contribution in [2.75, 3.05) is 18.5 Å². The van der Waals surface area contributed by atoms with Crippen molar-refractivity contribution in [1.29, 1.82) is 0 Å². The molecule has 0 spiro atoms. The lowest BCUT2D eigenvalue weighted by molar-refractivity contribution is 0.282. The summed E-state index contributed by atoms with van der Waals surface area (Å²) in [5.41, 5.74) is 2.91. The Morgan fingerprint density at radius 3 is 2.73 bits per heavy atom. The van der Waals surface area contributed by atoms with Crippen LogP contribution in [-0.2, 0) is 6.61 Å². The summed E-state index contributed by atoms with van der Waals surface area (Å²) in [7, 11) is 1.97. The van der Waals surface area contributed by atoms with E-state index in [0.29, 0.717) is 5.02 Å². The van der Waals surface area contributed by atoms with Crippen molar-refractivity contribution in [3.05, 3.63) is 40.9 Å². The molecular weight excluding hydrogens is 210 g/mol. The molecule has 0 saturated heterocycles. The first-order chi connectivity index (χ1) is 7.04. The van der Waals surface area contributed by atoms with E-state index in [1.807, 2.05) is 31.0 Å². The molecule has 1 aromatic rings. The molecule has 0 heterocycles. The van der Waals surface area contributed by atoms with Crippen molar-refractivity contribution < 1.29 is 5.11 Å². The molecule has 1 N–H and O–H groups in total. The lowest BCUT2D eigenvalue weighted by Crippen LogP contribution is -2.20. The molecule has 0 aliphatic heterocycles. The maximum Gasteiger partial charge on any atom is 0.0702 e. The van der Waals surface area contributed by atoms with E-state index >= 15 is 0 Å². The third-order valence-electron chi connectivity index (χ3n) is 2.13. The van der Waals surface area contributed by atoms with Crippen LogP contribution in [0.25, 0.3) is 0 Å². The first-order valence-corrected chi connectivity index (χ1v) is 5.17. The predicted molar refractivity (Wildman–Crippen MR) is 65.5 cm³/mol. The van der Waals surface area contributed by atoms with Crippen molar-refractivity contribution >= 4 is 17.3 Å². The highest BCUT2D eigenvalue weighted by Gasteiger charge is 2.07. The number of likely N-dealkylation sites (N-methyl/N-ethyl adjacent to an activating group) is 1. The average Bonchev–Trinajstić information content (AvgIpc) is 2.16. The van der Waals surface area contributed by atoms with Crippen molar-refractivity contribution in [3.8, 4) is 0 Å². The fraction of sp³-hybridized carbons (Fsp3) is 0.333. The predicted octanol–water partition coefficient (Wildman–Crippen LogP) is 2.84.